The molecule has 0 spiro atoms. The molecule has 1 aromatic heterocycles. The van der Waals surface area contributed by atoms with E-state index in [1.807, 2.05) is 6.07 Å². The average molecular weight is 603 g/mol. The van der Waals surface area contributed by atoms with Gasteiger partial charge in [0.2, 0.25) is 0 Å². The molecule has 1 aromatic carbocycles. The number of primary amides is 1. The molecule has 0 bridgehead atoms. The highest BCUT2D eigenvalue weighted by atomic mass is 16.3. The molecule has 9 N–H and O–H groups in total. The zero-order valence-electron chi connectivity index (χ0n) is 24.4. The van der Waals surface area contributed by atoms with Crippen LogP contribution in [-0.4, -0.2) is 86.9 Å². The highest BCUT2D eigenvalue weighted by Crippen LogP contribution is 2.58. The zero-order valence-corrected chi connectivity index (χ0v) is 24.4. The number of hydrogen-bond donors (Lipinski definition) is 6. The summed E-state index contributed by atoms with van der Waals surface area (Å²) in [7, 11) is 2.94. The Bertz CT molecular complexity index is 1750. The number of nitriles is 1. The summed E-state index contributed by atoms with van der Waals surface area (Å²) in [5.41, 5.74) is 12.1. The number of amides is 1. The van der Waals surface area contributed by atoms with Crippen molar-refractivity contribution in [1.29, 1.82) is 5.26 Å². The Labute approximate surface area is 252 Å². The van der Waals surface area contributed by atoms with Gasteiger partial charge in [-0.3, -0.25) is 24.2 Å². The van der Waals surface area contributed by atoms with Gasteiger partial charge in [0.15, 0.2) is 17.0 Å². The second-order valence-electron chi connectivity index (χ2n) is 12.5. The van der Waals surface area contributed by atoms with Crippen LogP contribution in [0.5, 0.6) is 5.75 Å². The van der Waals surface area contributed by atoms with E-state index in [2.05, 4.69) is 4.90 Å². The van der Waals surface area contributed by atoms with Gasteiger partial charge in [0.1, 0.15) is 34.4 Å². The molecule has 3 aliphatic carbocycles. The summed E-state index contributed by atoms with van der Waals surface area (Å²) in [5, 5.41) is 44.4. The molecule has 2 fully saturated rings. The minimum absolute atomic E-state index is 0.0864. The molecule has 2 aromatic rings. The van der Waals surface area contributed by atoms with Gasteiger partial charge in [0.25, 0.3) is 5.91 Å². The van der Waals surface area contributed by atoms with Crippen LogP contribution in [0.1, 0.15) is 36.1 Å². The van der Waals surface area contributed by atoms with Crippen molar-refractivity contribution in [3.05, 3.63) is 58.1 Å². The SMILES string of the molecule is CN(C)[C@@H]1C(=O)C(C(N)=O)=C(O)[C@@]2(C#N)C(=O)C3=C(O)c4c(O)ccc(-c5ccc(CN6CCCC6)o5)c4C[C@@]3(N)C[C@@]12N. The van der Waals surface area contributed by atoms with Gasteiger partial charge in [-0.15, -0.1) is 0 Å². The first kappa shape index (κ1) is 29.6. The number of Topliss-reactive ketones (excluding diaryl/α,β-unsaturated/α-hetero) is 2. The maximum Gasteiger partial charge on any atom is 0.255 e. The van der Waals surface area contributed by atoms with Crippen LogP contribution < -0.4 is 17.2 Å². The number of hydrogen-bond acceptors (Lipinski definition) is 12. The van der Waals surface area contributed by atoms with E-state index in [0.717, 1.165) is 31.7 Å². The molecule has 13 nitrogen and oxygen atoms in total. The Kier molecular flexibility index (Phi) is 6.57. The van der Waals surface area contributed by atoms with Crippen molar-refractivity contribution in [1.82, 2.24) is 9.80 Å². The number of furan rings is 1. The molecule has 0 radical (unpaired) electrons. The summed E-state index contributed by atoms with van der Waals surface area (Å²) in [5.74, 6) is -4.55. The molecule has 1 saturated carbocycles. The average Bonchev–Trinajstić information content (AvgIpc) is 3.60. The molecule has 2 heterocycles. The number of likely N-dealkylation sites (tertiary alicyclic amines) is 1. The fraction of sp³-hybridized carbons (Fsp3) is 0.419. The van der Waals surface area contributed by atoms with Gasteiger partial charge in [0, 0.05) is 5.56 Å². The molecule has 1 aliphatic heterocycles. The van der Waals surface area contributed by atoms with Crippen LogP contribution in [0.2, 0.25) is 0 Å². The van der Waals surface area contributed by atoms with Crippen LogP contribution in [0.4, 0.5) is 0 Å². The topological polar surface area (TPSA) is 233 Å². The van der Waals surface area contributed by atoms with Gasteiger partial charge >= 0.3 is 0 Å². The number of aliphatic hydroxyl groups is 2. The number of fused-ring (bicyclic) bond motifs is 3. The van der Waals surface area contributed by atoms with E-state index >= 15 is 0 Å². The van der Waals surface area contributed by atoms with Gasteiger partial charge in [-0.25, -0.2) is 0 Å². The van der Waals surface area contributed by atoms with Crippen molar-refractivity contribution < 1.29 is 34.1 Å². The van der Waals surface area contributed by atoms with Crippen LogP contribution in [-0.2, 0) is 27.3 Å². The third kappa shape index (κ3) is 3.75. The predicted molar refractivity (Wildman–Crippen MR) is 156 cm³/mol. The normalized spacial score (nSPS) is 30.3. The number of carbonyl (C=O) groups excluding carboxylic acids is 3. The van der Waals surface area contributed by atoms with Crippen LogP contribution in [0.25, 0.3) is 17.1 Å². The van der Waals surface area contributed by atoms with E-state index in [1.165, 1.54) is 25.1 Å². The van der Waals surface area contributed by atoms with Crippen molar-refractivity contribution in [2.75, 3.05) is 27.2 Å². The van der Waals surface area contributed by atoms with E-state index in [4.69, 9.17) is 21.6 Å². The maximum atomic E-state index is 14.5. The summed E-state index contributed by atoms with van der Waals surface area (Å²) in [6.07, 6.45) is 1.65. The number of phenolic OH excluding ortho intramolecular Hbond substituents is 1. The largest absolute Gasteiger partial charge is 0.509 e. The molecule has 4 atom stereocenters. The highest BCUT2D eigenvalue weighted by molar-refractivity contribution is 6.25. The lowest BCUT2D eigenvalue weighted by Crippen LogP contribution is -2.80. The second kappa shape index (κ2) is 9.76. The quantitative estimate of drug-likeness (QED) is 0.260. The number of aromatic hydroxyl groups is 1. The van der Waals surface area contributed by atoms with Crippen molar-refractivity contribution >= 4 is 23.2 Å². The molecule has 1 saturated heterocycles. The molecule has 44 heavy (non-hydrogen) atoms. The first-order valence-electron chi connectivity index (χ1n) is 14.3. The number of nitrogens with two attached hydrogens (primary N) is 3. The molecule has 4 aliphatic rings. The van der Waals surface area contributed by atoms with Crippen molar-refractivity contribution in [2.45, 2.75) is 49.3 Å². The lowest BCUT2D eigenvalue weighted by molar-refractivity contribution is -0.139. The van der Waals surface area contributed by atoms with Gasteiger partial charge in [-0.2, -0.15) is 5.26 Å². The number of nitrogens with zero attached hydrogens (tertiary/aromatic N) is 3. The molecule has 1 amide bonds. The van der Waals surface area contributed by atoms with E-state index in [-0.39, 0.29) is 17.7 Å². The Morgan fingerprint density at radius 2 is 1.82 bits per heavy atom. The summed E-state index contributed by atoms with van der Waals surface area (Å²) in [6, 6.07) is 6.91. The number of benzene rings is 1. The van der Waals surface area contributed by atoms with E-state index in [1.54, 1.807) is 18.2 Å². The third-order valence-corrected chi connectivity index (χ3v) is 9.64. The Morgan fingerprint density at radius 1 is 1.14 bits per heavy atom. The first-order valence-corrected chi connectivity index (χ1v) is 14.3. The van der Waals surface area contributed by atoms with Crippen LogP contribution in [0.3, 0.4) is 0 Å². The van der Waals surface area contributed by atoms with Gasteiger partial charge in [-0.1, -0.05) is 0 Å². The summed E-state index contributed by atoms with van der Waals surface area (Å²) >= 11 is 0. The first-order chi connectivity index (χ1) is 20.7. The standard InChI is InChI=1S/C31H34N6O7/c1-36(2)25-24(40)21(28(33)43)26(41)30(14-32)27(42)22-23(39)20-17(11-29(22,34)13-31(25,30)35)16(6-7-18(20)38)19-8-5-15(44-19)12-37-9-3-4-10-37/h5-8,25,38-39,41H,3-4,9-13,34-35H2,1-2H3,(H2,33,43)/t25-,29-,30+,31-/m1/s1. The van der Waals surface area contributed by atoms with E-state index in [9.17, 15) is 35.0 Å². The number of ketones is 2. The number of carbonyl (C=O) groups is 3. The molecular formula is C31H34N6O7. The van der Waals surface area contributed by atoms with Crippen molar-refractivity contribution in [3.63, 3.8) is 0 Å². The number of likely N-dealkylation sites (N-methyl/N-ethyl adjacent to an activating group) is 1. The van der Waals surface area contributed by atoms with Gasteiger partial charge in [0.05, 0.1) is 40.9 Å². The highest BCUT2D eigenvalue weighted by Gasteiger charge is 2.74. The van der Waals surface area contributed by atoms with Gasteiger partial charge in [-0.05, 0) is 82.7 Å². The summed E-state index contributed by atoms with van der Waals surface area (Å²) in [6.45, 7) is 2.58. The monoisotopic (exact) mass is 602 g/mol. The van der Waals surface area contributed by atoms with Crippen molar-refractivity contribution in [2.24, 2.45) is 22.6 Å². The smallest absolute Gasteiger partial charge is 0.255 e. The lowest BCUT2D eigenvalue weighted by atomic mass is 9.47. The summed E-state index contributed by atoms with van der Waals surface area (Å²) < 4.78 is 6.18. The van der Waals surface area contributed by atoms with Crippen LogP contribution >= 0.6 is 0 Å². The zero-order chi connectivity index (χ0) is 31.9. The van der Waals surface area contributed by atoms with E-state index in [0.29, 0.717) is 23.4 Å². The molecule has 13 heteroatoms. The lowest BCUT2D eigenvalue weighted by Gasteiger charge is -2.58. The third-order valence-electron chi connectivity index (χ3n) is 9.64. The Morgan fingerprint density at radius 3 is 2.43 bits per heavy atom. The van der Waals surface area contributed by atoms with E-state index < -0.39 is 69.1 Å². The number of aliphatic hydroxyl groups excluding tert-OH is 2. The van der Waals surface area contributed by atoms with Crippen LogP contribution in [0, 0.1) is 16.7 Å². The molecule has 0 unspecified atom stereocenters. The molecule has 6 rings (SSSR count). The molecule has 230 valence electrons. The van der Waals surface area contributed by atoms with Crippen molar-refractivity contribution in [3.8, 4) is 23.1 Å². The van der Waals surface area contributed by atoms with Gasteiger partial charge < -0.3 is 36.9 Å². The minimum atomic E-state index is -2.71. The predicted octanol–water partition coefficient (Wildman–Crippen LogP) is 0.761. The Hall–Kier alpha value is -4.48. The minimum Gasteiger partial charge on any atom is -0.509 e. The molecular weight excluding hydrogens is 568 g/mol. The second-order valence-corrected chi connectivity index (χ2v) is 12.5. The maximum absolute atomic E-state index is 14.5. The Balaban J connectivity index is 1.56. The number of phenols is 1. The van der Waals surface area contributed by atoms with Crippen LogP contribution in [0.15, 0.2) is 45.6 Å². The fourth-order valence-corrected chi connectivity index (χ4v) is 7.83. The summed E-state index contributed by atoms with van der Waals surface area (Å²) in [4.78, 5) is 44.0. The fourth-order valence-electron chi connectivity index (χ4n) is 7.83. The number of rotatable bonds is 5.